The molecule has 1 aromatic heterocycles. The zero-order valence-corrected chi connectivity index (χ0v) is 19.8. The number of aromatic nitrogens is 2. The molecule has 2 aromatic rings. The van der Waals surface area contributed by atoms with E-state index in [1.807, 2.05) is 17.0 Å². The molecule has 2 unspecified atom stereocenters. The Balaban J connectivity index is 1.54. The van der Waals surface area contributed by atoms with Crippen LogP contribution in [0.1, 0.15) is 36.1 Å². The predicted molar refractivity (Wildman–Crippen MR) is 130 cm³/mol. The number of fused-ring (bicyclic) bond motifs is 3. The molecule has 35 heavy (non-hydrogen) atoms. The molecule has 1 spiro atoms. The van der Waals surface area contributed by atoms with Crippen LogP contribution in [-0.2, 0) is 27.8 Å². The highest BCUT2D eigenvalue weighted by Gasteiger charge is 2.48. The summed E-state index contributed by atoms with van der Waals surface area (Å²) in [4.78, 5) is 39.0. The van der Waals surface area contributed by atoms with E-state index in [4.69, 9.17) is 4.74 Å². The molecule has 2 atom stereocenters. The van der Waals surface area contributed by atoms with Crippen molar-refractivity contribution in [2.24, 2.45) is 0 Å². The lowest BCUT2D eigenvalue weighted by atomic mass is 9.65. The molecule has 1 aromatic carbocycles. The number of hydrogen-bond acceptors (Lipinski definition) is 7. The topological polar surface area (TPSA) is 111 Å². The van der Waals surface area contributed by atoms with Gasteiger partial charge in [-0.2, -0.15) is 15.2 Å². The minimum Gasteiger partial charge on any atom is -0.467 e. The zero-order chi connectivity index (χ0) is 24.6. The molecular weight excluding hydrogens is 444 g/mol. The molecule has 3 heterocycles. The van der Waals surface area contributed by atoms with Crippen LogP contribution in [0.25, 0.3) is 0 Å². The van der Waals surface area contributed by atoms with Gasteiger partial charge in [0.1, 0.15) is 5.69 Å². The highest BCUT2D eigenvalue weighted by atomic mass is 16.5. The number of hydrogen-bond donors (Lipinski definition) is 1. The van der Waals surface area contributed by atoms with E-state index in [0.29, 0.717) is 37.6 Å². The van der Waals surface area contributed by atoms with E-state index >= 15 is 0 Å². The molecule has 9 heteroatoms. The van der Waals surface area contributed by atoms with E-state index in [2.05, 4.69) is 40.1 Å². The maximum atomic E-state index is 13.7. The normalized spacial score (nSPS) is 23.1. The summed E-state index contributed by atoms with van der Waals surface area (Å²) in [5.41, 5.74) is 2.94. The molecule has 0 bridgehead atoms. The maximum Gasteiger partial charge on any atom is 0.318 e. The van der Waals surface area contributed by atoms with Crippen molar-refractivity contribution >= 4 is 23.3 Å². The van der Waals surface area contributed by atoms with Gasteiger partial charge in [-0.15, -0.1) is 0 Å². The fourth-order valence-corrected chi connectivity index (χ4v) is 5.72. The minimum absolute atomic E-state index is 0.0405. The van der Waals surface area contributed by atoms with Crippen LogP contribution in [0.5, 0.6) is 6.01 Å². The summed E-state index contributed by atoms with van der Waals surface area (Å²) < 4.78 is 5.44. The third-order valence-corrected chi connectivity index (χ3v) is 7.42. The molecule has 9 nitrogen and oxygen atoms in total. The molecule has 1 saturated heterocycles. The summed E-state index contributed by atoms with van der Waals surface area (Å²) in [7, 11) is 1.53. The monoisotopic (exact) mass is 472 g/mol. The van der Waals surface area contributed by atoms with E-state index in [9.17, 15) is 14.9 Å². The lowest BCUT2D eigenvalue weighted by molar-refractivity contribution is -0.128. The standard InChI is InChI=1S/C26H28N6O3/c1-3-21(33)32-14-13-31(16-18(32)10-12-27)23-22-20(28-25(30-23)35-2)15-26(24(34)29-22)11-6-8-17-7-4-5-9-19(17)26/h3-5,7,9,18H,1,6,8,10-11,13-16H2,2H3,(H,29,34). The van der Waals surface area contributed by atoms with E-state index in [0.717, 1.165) is 30.5 Å². The summed E-state index contributed by atoms with van der Waals surface area (Å²) in [6, 6.07) is 10.3. The Bertz CT molecular complexity index is 1240. The van der Waals surface area contributed by atoms with Gasteiger partial charge in [0, 0.05) is 26.1 Å². The molecule has 3 aliphatic rings. The van der Waals surface area contributed by atoms with Crippen molar-refractivity contribution in [3.05, 3.63) is 53.7 Å². The van der Waals surface area contributed by atoms with E-state index in [-0.39, 0.29) is 30.3 Å². The van der Waals surface area contributed by atoms with Gasteiger partial charge in [0.25, 0.3) is 0 Å². The van der Waals surface area contributed by atoms with Crippen LogP contribution in [0.4, 0.5) is 11.5 Å². The van der Waals surface area contributed by atoms with Gasteiger partial charge in [-0.3, -0.25) is 9.59 Å². The summed E-state index contributed by atoms with van der Waals surface area (Å²) in [6.45, 7) is 4.91. The van der Waals surface area contributed by atoms with Crippen molar-refractivity contribution in [1.29, 1.82) is 5.26 Å². The van der Waals surface area contributed by atoms with Crippen molar-refractivity contribution in [1.82, 2.24) is 14.9 Å². The van der Waals surface area contributed by atoms with Crippen molar-refractivity contribution in [2.45, 2.75) is 43.6 Å². The number of anilines is 2. The average molecular weight is 473 g/mol. The van der Waals surface area contributed by atoms with E-state index in [1.54, 1.807) is 4.90 Å². The first-order valence-corrected chi connectivity index (χ1v) is 11.9. The van der Waals surface area contributed by atoms with Crippen LogP contribution in [0.15, 0.2) is 36.9 Å². The Kier molecular flexibility index (Phi) is 5.89. The average Bonchev–Trinajstić information content (AvgIpc) is 2.89. The van der Waals surface area contributed by atoms with Gasteiger partial charge in [0.2, 0.25) is 11.8 Å². The summed E-state index contributed by atoms with van der Waals surface area (Å²) in [5, 5.41) is 12.5. The number of benzene rings is 1. The molecule has 2 amide bonds. The van der Waals surface area contributed by atoms with Gasteiger partial charge in [0.05, 0.1) is 36.8 Å². The van der Waals surface area contributed by atoms with Crippen molar-refractivity contribution in [2.75, 3.05) is 37.0 Å². The van der Waals surface area contributed by atoms with Gasteiger partial charge in [-0.25, -0.2) is 0 Å². The molecule has 1 N–H and O–H groups in total. The number of carbonyl (C=O) groups is 2. The summed E-state index contributed by atoms with van der Waals surface area (Å²) in [5.74, 6) is 0.326. The lowest BCUT2D eigenvalue weighted by Gasteiger charge is -2.44. The number of carbonyl (C=O) groups excluding carboxylic acids is 2. The maximum absolute atomic E-state index is 13.7. The Morgan fingerprint density at radius 1 is 1.37 bits per heavy atom. The number of rotatable bonds is 4. The minimum atomic E-state index is -0.670. The van der Waals surface area contributed by atoms with Crippen molar-refractivity contribution in [3.63, 3.8) is 0 Å². The zero-order valence-electron chi connectivity index (χ0n) is 19.8. The Hall–Kier alpha value is -3.93. The molecule has 0 saturated carbocycles. The smallest absolute Gasteiger partial charge is 0.318 e. The number of piperazine rings is 1. The van der Waals surface area contributed by atoms with Crippen LogP contribution in [0.3, 0.4) is 0 Å². The third kappa shape index (κ3) is 3.79. The number of aryl methyl sites for hydroxylation is 1. The molecular formula is C26H28N6O3. The predicted octanol–water partition coefficient (Wildman–Crippen LogP) is 2.37. The van der Waals surface area contributed by atoms with Gasteiger partial charge < -0.3 is 19.9 Å². The SMILES string of the molecule is C=CC(=O)N1CCN(c2nc(OC)nc3c2NC(=O)C2(CCCc4ccccc42)C3)CC1CC#N. The Morgan fingerprint density at radius 3 is 2.97 bits per heavy atom. The number of nitrogens with zero attached hydrogens (tertiary/aromatic N) is 5. The van der Waals surface area contributed by atoms with Crippen LogP contribution < -0.4 is 15.0 Å². The van der Waals surface area contributed by atoms with Crippen LogP contribution in [0, 0.1) is 11.3 Å². The van der Waals surface area contributed by atoms with Gasteiger partial charge >= 0.3 is 6.01 Å². The van der Waals surface area contributed by atoms with Crippen LogP contribution >= 0.6 is 0 Å². The first-order chi connectivity index (χ1) is 17.0. The summed E-state index contributed by atoms with van der Waals surface area (Å²) >= 11 is 0. The van der Waals surface area contributed by atoms with E-state index < -0.39 is 5.41 Å². The molecule has 5 rings (SSSR count). The first kappa shape index (κ1) is 22.8. The summed E-state index contributed by atoms with van der Waals surface area (Å²) in [6.07, 6.45) is 4.58. The Labute approximate surface area is 204 Å². The van der Waals surface area contributed by atoms with Crippen LogP contribution in [0.2, 0.25) is 0 Å². The van der Waals surface area contributed by atoms with E-state index in [1.165, 1.54) is 18.7 Å². The second kappa shape index (κ2) is 9.02. The van der Waals surface area contributed by atoms with Crippen LogP contribution in [-0.4, -0.2) is 59.5 Å². The quantitative estimate of drug-likeness (QED) is 0.680. The number of amides is 2. The molecule has 1 fully saturated rings. The second-order valence-electron chi connectivity index (χ2n) is 9.28. The van der Waals surface area contributed by atoms with Gasteiger partial charge in [-0.1, -0.05) is 30.8 Å². The fourth-order valence-electron chi connectivity index (χ4n) is 5.72. The second-order valence-corrected chi connectivity index (χ2v) is 9.28. The first-order valence-electron chi connectivity index (χ1n) is 11.9. The molecule has 0 radical (unpaired) electrons. The number of methoxy groups -OCH3 is 1. The lowest BCUT2D eigenvalue weighted by Crippen LogP contribution is -2.55. The van der Waals surface area contributed by atoms with Crippen molar-refractivity contribution in [3.8, 4) is 12.1 Å². The highest BCUT2D eigenvalue weighted by molar-refractivity contribution is 6.04. The largest absolute Gasteiger partial charge is 0.467 e. The Morgan fingerprint density at radius 2 is 2.20 bits per heavy atom. The molecule has 1 aliphatic carbocycles. The van der Waals surface area contributed by atoms with Gasteiger partial charge in [-0.05, 0) is 36.5 Å². The number of nitriles is 1. The number of nitrogens with one attached hydrogen (secondary N) is 1. The van der Waals surface area contributed by atoms with Gasteiger partial charge in [0.15, 0.2) is 5.82 Å². The van der Waals surface area contributed by atoms with Crippen molar-refractivity contribution < 1.29 is 14.3 Å². The molecule has 180 valence electrons. The number of ether oxygens (including phenoxy) is 1. The highest BCUT2D eigenvalue weighted by Crippen LogP contribution is 2.46. The third-order valence-electron chi connectivity index (χ3n) is 7.42. The fraction of sp³-hybridized carbons (Fsp3) is 0.423. The molecule has 2 aliphatic heterocycles.